The van der Waals surface area contributed by atoms with Gasteiger partial charge in [0.25, 0.3) is 5.56 Å². The predicted octanol–water partition coefficient (Wildman–Crippen LogP) is 4.92. The summed E-state index contributed by atoms with van der Waals surface area (Å²) in [6, 6.07) is 0. The number of ether oxygens (including phenoxy) is 1. The van der Waals surface area contributed by atoms with E-state index in [-0.39, 0.29) is 22.2 Å². The summed E-state index contributed by atoms with van der Waals surface area (Å²) >= 11 is 0. The van der Waals surface area contributed by atoms with Gasteiger partial charge in [-0.2, -0.15) is 0 Å². The van der Waals surface area contributed by atoms with Crippen molar-refractivity contribution in [1.82, 2.24) is 9.55 Å². The van der Waals surface area contributed by atoms with Gasteiger partial charge in [0, 0.05) is 11.8 Å². The molecular weight excluding hydrogens is 525 g/mol. The Hall–Kier alpha value is -0.869. The van der Waals surface area contributed by atoms with Crippen LogP contribution in [-0.4, -0.2) is 59.9 Å². The standard InChI is InChI=1S/C25H48N2O7Si3/c1-15(2)36(16(3)4)30-14-20-21(33-37(34-36,17(5)6)18(7)8)22(32-35(10,11)12)24(31-20)27-13-19(9)23(28)26-25(27)29/h13,15-18,20-22,24H,14H2,1-12H3,(H,26,28,29)/t20-,21-,22+,24+/m0/s1. The van der Waals surface area contributed by atoms with Crippen molar-refractivity contribution < 1.29 is 22.1 Å². The van der Waals surface area contributed by atoms with Crippen LogP contribution < -0.4 is 11.2 Å². The molecule has 0 bridgehead atoms. The summed E-state index contributed by atoms with van der Waals surface area (Å²) < 4.78 is 36.2. The fourth-order valence-corrected chi connectivity index (χ4v) is 17.9. The third-order valence-electron chi connectivity index (χ3n) is 7.53. The number of rotatable bonds is 7. The normalized spacial score (nSPS) is 28.1. The maximum absolute atomic E-state index is 13.0. The lowest BCUT2D eigenvalue weighted by Crippen LogP contribution is -2.66. The third kappa shape index (κ3) is 5.86. The number of hydrogen-bond acceptors (Lipinski definition) is 7. The number of H-pyrrole nitrogens is 1. The van der Waals surface area contributed by atoms with Gasteiger partial charge in [0.2, 0.25) is 0 Å². The molecule has 4 atom stereocenters. The molecule has 1 aromatic rings. The largest absolute Gasteiger partial charge is 0.414 e. The number of aromatic nitrogens is 2. The van der Waals surface area contributed by atoms with E-state index in [1.54, 1.807) is 13.1 Å². The maximum atomic E-state index is 13.0. The molecule has 0 amide bonds. The fraction of sp³-hybridized carbons (Fsp3) is 0.840. The van der Waals surface area contributed by atoms with Crippen LogP contribution in [0.25, 0.3) is 0 Å². The molecule has 0 spiro atoms. The van der Waals surface area contributed by atoms with E-state index in [4.69, 9.17) is 22.1 Å². The highest BCUT2D eigenvalue weighted by Gasteiger charge is 2.62. The van der Waals surface area contributed by atoms with Crippen LogP contribution in [0.1, 0.15) is 67.2 Å². The highest BCUT2D eigenvalue weighted by Crippen LogP contribution is 2.49. The van der Waals surface area contributed by atoms with E-state index in [2.05, 4.69) is 80.0 Å². The summed E-state index contributed by atoms with van der Waals surface area (Å²) in [7, 11) is -7.74. The van der Waals surface area contributed by atoms with Gasteiger partial charge in [-0.15, -0.1) is 0 Å². The molecule has 0 radical (unpaired) electrons. The monoisotopic (exact) mass is 572 g/mol. The van der Waals surface area contributed by atoms with Crippen LogP contribution in [0.4, 0.5) is 0 Å². The van der Waals surface area contributed by atoms with Gasteiger partial charge in [-0.05, 0) is 48.7 Å². The first-order valence-electron chi connectivity index (χ1n) is 13.6. The van der Waals surface area contributed by atoms with Gasteiger partial charge in [-0.1, -0.05) is 55.4 Å². The third-order valence-corrected chi connectivity index (χ3v) is 18.8. The number of fused-ring (bicyclic) bond motifs is 1. The average molecular weight is 573 g/mol. The average Bonchev–Trinajstić information content (AvgIpc) is 3.04. The molecule has 2 aliphatic rings. The molecule has 12 heteroatoms. The zero-order valence-corrected chi connectivity index (χ0v) is 27.7. The van der Waals surface area contributed by atoms with Gasteiger partial charge in [0.1, 0.15) is 18.3 Å². The topological polar surface area (TPSA) is 101 Å². The van der Waals surface area contributed by atoms with Crippen molar-refractivity contribution in [3.05, 3.63) is 32.6 Å². The van der Waals surface area contributed by atoms with Crippen molar-refractivity contribution in [1.29, 1.82) is 0 Å². The molecule has 2 fully saturated rings. The van der Waals surface area contributed by atoms with Crippen molar-refractivity contribution in [3.63, 3.8) is 0 Å². The van der Waals surface area contributed by atoms with Crippen LogP contribution in [0.15, 0.2) is 15.8 Å². The SMILES string of the molecule is Cc1cn([C@@H]2O[C@H]3CO[Si](C(C)C)(C(C)C)O[Si](C(C)C)(C(C)C)O[C@@H]3[C@H]2O[Si](C)(C)C)c(=O)[nH]c1=O. The van der Waals surface area contributed by atoms with Crippen LogP contribution in [0, 0.1) is 6.92 Å². The van der Waals surface area contributed by atoms with Gasteiger partial charge >= 0.3 is 22.8 Å². The van der Waals surface area contributed by atoms with Crippen molar-refractivity contribution >= 4 is 25.4 Å². The number of nitrogens with one attached hydrogen (secondary N) is 1. The van der Waals surface area contributed by atoms with Crippen LogP contribution >= 0.6 is 0 Å². The van der Waals surface area contributed by atoms with Crippen molar-refractivity contribution in [2.24, 2.45) is 0 Å². The molecule has 3 rings (SSSR count). The van der Waals surface area contributed by atoms with Crippen molar-refractivity contribution in [3.8, 4) is 0 Å². The van der Waals surface area contributed by atoms with Gasteiger partial charge in [0.05, 0.1) is 6.61 Å². The first kappa shape index (κ1) is 30.7. The lowest BCUT2D eigenvalue weighted by molar-refractivity contribution is -0.0593. The van der Waals surface area contributed by atoms with E-state index in [0.29, 0.717) is 12.2 Å². The number of aryl methyl sites for hydroxylation is 1. The van der Waals surface area contributed by atoms with Gasteiger partial charge < -0.3 is 22.1 Å². The minimum atomic E-state index is -2.90. The van der Waals surface area contributed by atoms with E-state index >= 15 is 0 Å². The Morgan fingerprint density at radius 2 is 1.51 bits per heavy atom. The summed E-state index contributed by atoms with van der Waals surface area (Å²) in [6.45, 7) is 25.8. The van der Waals surface area contributed by atoms with Crippen LogP contribution in [-0.2, 0) is 22.1 Å². The lowest BCUT2D eigenvalue weighted by Gasteiger charge is -2.51. The van der Waals surface area contributed by atoms with Crippen LogP contribution in [0.5, 0.6) is 0 Å². The van der Waals surface area contributed by atoms with E-state index < -0.39 is 61.2 Å². The second-order valence-electron chi connectivity index (χ2n) is 12.8. The van der Waals surface area contributed by atoms with E-state index in [1.165, 1.54) is 4.57 Å². The number of aromatic amines is 1. The van der Waals surface area contributed by atoms with E-state index in [9.17, 15) is 9.59 Å². The Balaban J connectivity index is 2.20. The number of hydrogen-bond donors (Lipinski definition) is 1. The Kier molecular flexibility index (Phi) is 9.08. The molecule has 2 saturated heterocycles. The number of nitrogens with zero attached hydrogens (tertiary/aromatic N) is 1. The summed E-state index contributed by atoms with van der Waals surface area (Å²) in [4.78, 5) is 27.5. The molecule has 0 aliphatic carbocycles. The minimum absolute atomic E-state index is 0.156. The molecular formula is C25H48N2O7Si3. The van der Waals surface area contributed by atoms with E-state index in [0.717, 1.165) is 0 Å². The van der Waals surface area contributed by atoms with Crippen molar-refractivity contribution in [2.45, 2.75) is 129 Å². The molecule has 212 valence electrons. The van der Waals surface area contributed by atoms with E-state index in [1.807, 2.05) is 0 Å². The molecule has 2 aliphatic heterocycles. The van der Waals surface area contributed by atoms with Crippen LogP contribution in [0.2, 0.25) is 41.8 Å². The second kappa shape index (κ2) is 11.0. The second-order valence-corrected chi connectivity index (χ2v) is 26.1. The molecule has 0 aromatic carbocycles. The Bertz CT molecular complexity index is 1050. The Labute approximate surface area is 224 Å². The first-order chi connectivity index (χ1) is 16.9. The summed E-state index contributed by atoms with van der Waals surface area (Å²) in [5, 5.41) is 0. The Morgan fingerprint density at radius 3 is 2.00 bits per heavy atom. The summed E-state index contributed by atoms with van der Waals surface area (Å²) in [5.74, 6) is 0. The Morgan fingerprint density at radius 1 is 0.973 bits per heavy atom. The predicted molar refractivity (Wildman–Crippen MR) is 152 cm³/mol. The fourth-order valence-electron chi connectivity index (χ4n) is 5.66. The van der Waals surface area contributed by atoms with Crippen LogP contribution in [0.3, 0.4) is 0 Å². The molecule has 9 nitrogen and oxygen atoms in total. The highest BCUT2D eigenvalue weighted by atomic mass is 28.5. The zero-order valence-electron chi connectivity index (χ0n) is 24.7. The lowest BCUT2D eigenvalue weighted by atomic mass is 10.1. The first-order valence-corrected chi connectivity index (χ1v) is 21.0. The molecule has 0 saturated carbocycles. The van der Waals surface area contributed by atoms with Crippen molar-refractivity contribution in [2.75, 3.05) is 6.61 Å². The molecule has 1 aromatic heterocycles. The minimum Gasteiger partial charge on any atom is -0.414 e. The van der Waals surface area contributed by atoms with Gasteiger partial charge in [-0.3, -0.25) is 14.3 Å². The summed E-state index contributed by atoms with van der Waals surface area (Å²) in [6.07, 6.45) is -0.670. The highest BCUT2D eigenvalue weighted by molar-refractivity contribution is 6.84. The maximum Gasteiger partial charge on any atom is 0.335 e. The van der Waals surface area contributed by atoms with Gasteiger partial charge in [0.15, 0.2) is 14.5 Å². The smallest absolute Gasteiger partial charge is 0.335 e. The molecule has 0 unspecified atom stereocenters. The molecule has 3 heterocycles. The summed E-state index contributed by atoms with van der Waals surface area (Å²) in [5.41, 5.74) is 0.240. The quantitative estimate of drug-likeness (QED) is 0.463. The molecule has 37 heavy (non-hydrogen) atoms. The zero-order chi connectivity index (χ0) is 28.1. The van der Waals surface area contributed by atoms with Gasteiger partial charge in [-0.25, -0.2) is 4.79 Å². The molecule has 1 N–H and O–H groups in total.